The topological polar surface area (TPSA) is 88.2 Å². The van der Waals surface area contributed by atoms with E-state index in [0.717, 1.165) is 12.8 Å². The van der Waals surface area contributed by atoms with Gasteiger partial charge in [0, 0.05) is 6.54 Å². The van der Waals surface area contributed by atoms with Gasteiger partial charge in [0.2, 0.25) is 10.0 Å². The van der Waals surface area contributed by atoms with Gasteiger partial charge >= 0.3 is 0 Å². The fraction of sp³-hybridized carbons (Fsp3) is 0.385. The zero-order valence-corrected chi connectivity index (χ0v) is 12.4. The average molecular weight is 308 g/mol. The molecule has 1 aromatic heterocycles. The van der Waals surface area contributed by atoms with E-state index in [-0.39, 0.29) is 10.9 Å². The fourth-order valence-corrected chi connectivity index (χ4v) is 4.45. The Morgan fingerprint density at radius 3 is 2.90 bits per heavy atom. The van der Waals surface area contributed by atoms with E-state index in [4.69, 9.17) is 4.74 Å². The van der Waals surface area contributed by atoms with Gasteiger partial charge in [0.15, 0.2) is 0 Å². The number of nitrogens with zero attached hydrogens (tertiary/aromatic N) is 3. The molecule has 1 aromatic carbocycles. The maximum Gasteiger partial charge on any atom is 0.247 e. The second kappa shape index (κ2) is 5.45. The number of rotatable bonds is 4. The van der Waals surface area contributed by atoms with Gasteiger partial charge in [0.25, 0.3) is 0 Å². The number of methoxy groups -OCH3 is 1. The molecule has 0 amide bonds. The summed E-state index contributed by atoms with van der Waals surface area (Å²) in [5.74, 6) is 0.923. The van der Waals surface area contributed by atoms with Crippen molar-refractivity contribution in [3.05, 3.63) is 36.4 Å². The van der Waals surface area contributed by atoms with Gasteiger partial charge in [-0.2, -0.15) is 9.40 Å². The molecule has 8 heteroatoms. The molecule has 1 fully saturated rings. The SMILES string of the molecule is COc1ccccc1S(=O)(=O)N1CCC[C@H]1c1ncn[nH]1. The van der Waals surface area contributed by atoms with E-state index in [1.807, 2.05) is 0 Å². The molecule has 0 radical (unpaired) electrons. The summed E-state index contributed by atoms with van der Waals surface area (Å²) in [5.41, 5.74) is 0. The van der Waals surface area contributed by atoms with Gasteiger partial charge in [0.1, 0.15) is 22.8 Å². The molecule has 7 nitrogen and oxygen atoms in total. The predicted molar refractivity (Wildman–Crippen MR) is 75.2 cm³/mol. The van der Waals surface area contributed by atoms with Crippen LogP contribution in [0.1, 0.15) is 24.7 Å². The summed E-state index contributed by atoms with van der Waals surface area (Å²) < 4.78 is 32.4. The number of nitrogens with one attached hydrogen (secondary N) is 1. The van der Waals surface area contributed by atoms with Crippen molar-refractivity contribution in [3.63, 3.8) is 0 Å². The third kappa shape index (κ3) is 2.40. The predicted octanol–water partition coefficient (Wildman–Crippen LogP) is 1.34. The minimum atomic E-state index is -3.64. The Bertz CT molecular complexity index is 715. The van der Waals surface area contributed by atoms with Gasteiger partial charge in [-0.3, -0.25) is 5.10 Å². The molecular formula is C13H16N4O3S. The molecule has 3 rings (SSSR count). The van der Waals surface area contributed by atoms with Crippen LogP contribution in [0.15, 0.2) is 35.5 Å². The van der Waals surface area contributed by atoms with Crippen molar-refractivity contribution in [3.8, 4) is 5.75 Å². The van der Waals surface area contributed by atoms with E-state index in [9.17, 15) is 8.42 Å². The summed E-state index contributed by atoms with van der Waals surface area (Å²) in [7, 11) is -2.17. The van der Waals surface area contributed by atoms with Crippen molar-refractivity contribution in [1.29, 1.82) is 0 Å². The highest BCUT2D eigenvalue weighted by atomic mass is 32.2. The van der Waals surface area contributed by atoms with Gasteiger partial charge in [-0.15, -0.1) is 0 Å². The number of hydrogen-bond donors (Lipinski definition) is 1. The lowest BCUT2D eigenvalue weighted by atomic mass is 10.2. The zero-order chi connectivity index (χ0) is 14.9. The molecule has 0 aliphatic carbocycles. The van der Waals surface area contributed by atoms with E-state index in [0.29, 0.717) is 18.1 Å². The molecule has 1 saturated heterocycles. The van der Waals surface area contributed by atoms with Crippen LogP contribution >= 0.6 is 0 Å². The number of aromatic amines is 1. The number of hydrogen-bond acceptors (Lipinski definition) is 5. The molecule has 2 heterocycles. The van der Waals surface area contributed by atoms with Crippen LogP contribution < -0.4 is 4.74 Å². The van der Waals surface area contributed by atoms with Crippen LogP contribution in [0.3, 0.4) is 0 Å². The van der Waals surface area contributed by atoms with Gasteiger partial charge in [-0.25, -0.2) is 13.4 Å². The lowest BCUT2D eigenvalue weighted by Gasteiger charge is -2.23. The average Bonchev–Trinajstić information content (AvgIpc) is 3.17. The quantitative estimate of drug-likeness (QED) is 0.921. The minimum absolute atomic E-state index is 0.180. The number of para-hydroxylation sites is 1. The first-order valence-electron chi connectivity index (χ1n) is 6.64. The van der Waals surface area contributed by atoms with Gasteiger partial charge in [0.05, 0.1) is 13.2 Å². The Morgan fingerprint density at radius 1 is 1.38 bits per heavy atom. The van der Waals surface area contributed by atoms with Crippen molar-refractivity contribution >= 4 is 10.0 Å². The van der Waals surface area contributed by atoms with E-state index < -0.39 is 10.0 Å². The smallest absolute Gasteiger partial charge is 0.247 e. The van der Waals surface area contributed by atoms with Gasteiger partial charge < -0.3 is 4.74 Å². The molecule has 0 bridgehead atoms. The van der Waals surface area contributed by atoms with Crippen LogP contribution in [-0.4, -0.2) is 41.6 Å². The summed E-state index contributed by atoms with van der Waals surface area (Å²) >= 11 is 0. The summed E-state index contributed by atoms with van der Waals surface area (Å²) in [6, 6.07) is 6.34. The van der Waals surface area contributed by atoms with E-state index in [1.165, 1.54) is 17.7 Å². The lowest BCUT2D eigenvalue weighted by molar-refractivity contribution is 0.373. The zero-order valence-electron chi connectivity index (χ0n) is 11.6. The van der Waals surface area contributed by atoms with Crippen LogP contribution in [0.4, 0.5) is 0 Å². The number of H-pyrrole nitrogens is 1. The number of aromatic nitrogens is 3. The molecule has 0 unspecified atom stereocenters. The monoisotopic (exact) mass is 308 g/mol. The van der Waals surface area contributed by atoms with Crippen molar-refractivity contribution < 1.29 is 13.2 Å². The largest absolute Gasteiger partial charge is 0.495 e. The molecule has 1 aliphatic heterocycles. The van der Waals surface area contributed by atoms with Gasteiger partial charge in [-0.05, 0) is 25.0 Å². The third-order valence-electron chi connectivity index (χ3n) is 3.61. The second-order valence-electron chi connectivity index (χ2n) is 4.80. The fourth-order valence-electron chi connectivity index (χ4n) is 2.63. The molecule has 0 saturated carbocycles. The molecule has 2 aromatic rings. The summed E-state index contributed by atoms with van der Waals surface area (Å²) in [6.45, 7) is 0.464. The molecule has 0 spiro atoms. The second-order valence-corrected chi connectivity index (χ2v) is 6.65. The Morgan fingerprint density at radius 2 is 2.19 bits per heavy atom. The summed E-state index contributed by atoms with van der Waals surface area (Å²) in [4.78, 5) is 4.27. The van der Waals surface area contributed by atoms with Crippen molar-refractivity contribution in [2.24, 2.45) is 0 Å². The van der Waals surface area contributed by atoms with Crippen LogP contribution in [-0.2, 0) is 10.0 Å². The maximum absolute atomic E-state index is 12.9. The van der Waals surface area contributed by atoms with Crippen LogP contribution in [0.5, 0.6) is 5.75 Å². The van der Waals surface area contributed by atoms with Crippen LogP contribution in [0.2, 0.25) is 0 Å². The molecular weight excluding hydrogens is 292 g/mol. The first-order valence-corrected chi connectivity index (χ1v) is 8.08. The van der Waals surface area contributed by atoms with E-state index in [2.05, 4.69) is 15.2 Å². The highest BCUT2D eigenvalue weighted by Gasteiger charge is 2.38. The van der Waals surface area contributed by atoms with Crippen molar-refractivity contribution in [2.75, 3.05) is 13.7 Å². The number of ether oxygens (including phenoxy) is 1. The maximum atomic E-state index is 12.9. The standard InChI is InChI=1S/C13H16N4O3S/c1-20-11-6-2-3-7-12(11)21(18,19)17-8-4-5-10(17)13-14-9-15-16-13/h2-3,6-7,9-10H,4-5,8H2,1H3,(H,14,15,16)/t10-/m0/s1. The Kier molecular flexibility index (Phi) is 3.64. The number of benzene rings is 1. The molecule has 1 N–H and O–H groups in total. The highest BCUT2D eigenvalue weighted by Crippen LogP contribution is 2.37. The Balaban J connectivity index is 2.01. The minimum Gasteiger partial charge on any atom is -0.495 e. The number of sulfonamides is 1. The van der Waals surface area contributed by atoms with E-state index >= 15 is 0 Å². The van der Waals surface area contributed by atoms with Crippen molar-refractivity contribution in [1.82, 2.24) is 19.5 Å². The van der Waals surface area contributed by atoms with E-state index in [1.54, 1.807) is 24.3 Å². The Labute approximate surface area is 123 Å². The van der Waals surface area contributed by atoms with Crippen LogP contribution in [0.25, 0.3) is 0 Å². The molecule has 1 aliphatic rings. The lowest BCUT2D eigenvalue weighted by Crippen LogP contribution is -2.31. The molecule has 1 atom stereocenters. The van der Waals surface area contributed by atoms with Crippen LogP contribution in [0, 0.1) is 0 Å². The summed E-state index contributed by atoms with van der Waals surface area (Å²) in [6.07, 6.45) is 2.91. The van der Waals surface area contributed by atoms with Gasteiger partial charge in [-0.1, -0.05) is 12.1 Å². The molecule has 21 heavy (non-hydrogen) atoms. The molecule has 112 valence electrons. The highest BCUT2D eigenvalue weighted by molar-refractivity contribution is 7.89. The first kappa shape index (κ1) is 14.0. The van der Waals surface area contributed by atoms with Crippen molar-refractivity contribution in [2.45, 2.75) is 23.8 Å². The normalized spacial score (nSPS) is 19.8. The third-order valence-corrected chi connectivity index (χ3v) is 5.56. The first-order chi connectivity index (χ1) is 10.1. The summed E-state index contributed by atoms with van der Waals surface area (Å²) in [5, 5.41) is 6.57. The Hall–Kier alpha value is -1.93.